The number of hydrogen-bond donors (Lipinski definition) is 1. The third kappa shape index (κ3) is 3.24. The molecule has 0 bridgehead atoms. The van der Waals surface area contributed by atoms with Crippen LogP contribution < -0.4 is 10.9 Å². The quantitative estimate of drug-likeness (QED) is 0.864. The van der Waals surface area contributed by atoms with E-state index in [1.165, 1.54) is 0 Å². The molecule has 0 fully saturated rings. The zero-order chi connectivity index (χ0) is 13.7. The highest BCUT2D eigenvalue weighted by atomic mass is 16.1. The number of pyridine rings is 1. The molecule has 1 heterocycles. The summed E-state index contributed by atoms with van der Waals surface area (Å²) in [7, 11) is 0. The van der Waals surface area contributed by atoms with Crippen molar-refractivity contribution in [3.63, 3.8) is 0 Å². The molecule has 0 spiro atoms. The Morgan fingerprint density at radius 1 is 1.21 bits per heavy atom. The van der Waals surface area contributed by atoms with Crippen LogP contribution in [0.1, 0.15) is 26.7 Å². The summed E-state index contributed by atoms with van der Waals surface area (Å²) in [4.78, 5) is 12.4. The number of nitrogens with one attached hydrogen (secondary N) is 1. The maximum atomic E-state index is 12.4. The van der Waals surface area contributed by atoms with Crippen LogP contribution in [0, 0.1) is 0 Å². The second kappa shape index (κ2) is 6.53. The van der Waals surface area contributed by atoms with E-state index in [4.69, 9.17) is 0 Å². The summed E-state index contributed by atoms with van der Waals surface area (Å²) in [6.07, 6.45) is 4.12. The maximum absolute atomic E-state index is 12.4. The van der Waals surface area contributed by atoms with E-state index in [1.54, 1.807) is 0 Å². The van der Waals surface area contributed by atoms with Gasteiger partial charge in [0.15, 0.2) is 0 Å². The molecule has 0 saturated heterocycles. The average Bonchev–Trinajstić information content (AvgIpc) is 2.43. The van der Waals surface area contributed by atoms with Crippen molar-refractivity contribution in [1.82, 2.24) is 9.88 Å². The highest BCUT2D eigenvalue weighted by Crippen LogP contribution is 2.09. The average molecular weight is 258 g/mol. The van der Waals surface area contributed by atoms with E-state index in [2.05, 4.69) is 19.2 Å². The van der Waals surface area contributed by atoms with E-state index < -0.39 is 0 Å². The van der Waals surface area contributed by atoms with Crippen molar-refractivity contribution in [2.75, 3.05) is 6.54 Å². The van der Waals surface area contributed by atoms with Gasteiger partial charge >= 0.3 is 0 Å². The summed E-state index contributed by atoms with van der Waals surface area (Å²) in [6, 6.07) is 10.2. The smallest absolute Gasteiger partial charge is 0.258 e. The van der Waals surface area contributed by atoms with Crippen LogP contribution in [0.25, 0.3) is 10.8 Å². The van der Waals surface area contributed by atoms with Gasteiger partial charge in [-0.05, 0) is 30.5 Å². The third-order valence-electron chi connectivity index (χ3n) is 3.43. The number of benzene rings is 1. The highest BCUT2D eigenvalue weighted by Gasteiger charge is 2.09. The van der Waals surface area contributed by atoms with Gasteiger partial charge in [0.2, 0.25) is 0 Å². The number of nitrogens with zero attached hydrogens (tertiary/aromatic N) is 1. The normalized spacial score (nSPS) is 12.7. The standard InChI is InChI=1S/C16H22N2O/c1-3-7-14(17-4-2)12-18-11-10-13-8-5-6-9-15(13)16(18)19/h5-6,8-11,14,17H,3-4,7,12H2,1-2H3. The number of likely N-dealkylation sites (N-methyl/N-ethyl adjacent to an activating group) is 1. The van der Waals surface area contributed by atoms with Gasteiger partial charge in [-0.15, -0.1) is 0 Å². The molecule has 0 saturated carbocycles. The predicted molar refractivity (Wildman–Crippen MR) is 80.6 cm³/mol. The molecule has 1 aromatic heterocycles. The molecule has 0 amide bonds. The molecule has 1 atom stereocenters. The molecule has 1 aromatic carbocycles. The molecule has 19 heavy (non-hydrogen) atoms. The van der Waals surface area contributed by atoms with Crippen LogP contribution >= 0.6 is 0 Å². The molecule has 0 aliphatic rings. The Morgan fingerprint density at radius 2 is 2.00 bits per heavy atom. The van der Waals surface area contributed by atoms with Gasteiger partial charge < -0.3 is 9.88 Å². The third-order valence-corrected chi connectivity index (χ3v) is 3.43. The van der Waals surface area contributed by atoms with Gasteiger partial charge in [0.05, 0.1) is 0 Å². The number of fused-ring (bicyclic) bond motifs is 1. The Labute approximate surface area is 114 Å². The van der Waals surface area contributed by atoms with E-state index in [0.717, 1.165) is 36.7 Å². The minimum absolute atomic E-state index is 0.108. The summed E-state index contributed by atoms with van der Waals surface area (Å²) >= 11 is 0. The number of rotatable bonds is 6. The van der Waals surface area contributed by atoms with Gasteiger partial charge in [0.1, 0.15) is 0 Å². The van der Waals surface area contributed by atoms with Crippen LogP contribution in [0.5, 0.6) is 0 Å². The Hall–Kier alpha value is -1.61. The van der Waals surface area contributed by atoms with Gasteiger partial charge in [0.25, 0.3) is 5.56 Å². The Morgan fingerprint density at radius 3 is 2.74 bits per heavy atom. The van der Waals surface area contributed by atoms with Crippen LogP contribution in [-0.2, 0) is 6.54 Å². The van der Waals surface area contributed by atoms with Crippen molar-refractivity contribution in [2.45, 2.75) is 39.3 Å². The summed E-state index contributed by atoms with van der Waals surface area (Å²) < 4.78 is 1.82. The molecule has 0 aliphatic heterocycles. The minimum atomic E-state index is 0.108. The fourth-order valence-electron chi connectivity index (χ4n) is 2.51. The van der Waals surface area contributed by atoms with Gasteiger partial charge in [-0.25, -0.2) is 0 Å². The van der Waals surface area contributed by atoms with Crippen molar-refractivity contribution >= 4 is 10.8 Å². The molecule has 1 unspecified atom stereocenters. The first-order valence-electron chi connectivity index (χ1n) is 7.07. The first kappa shape index (κ1) is 13.8. The zero-order valence-corrected chi connectivity index (χ0v) is 11.7. The lowest BCUT2D eigenvalue weighted by atomic mass is 10.1. The lowest BCUT2D eigenvalue weighted by Gasteiger charge is -2.18. The van der Waals surface area contributed by atoms with Crippen molar-refractivity contribution in [3.8, 4) is 0 Å². The van der Waals surface area contributed by atoms with Crippen LogP contribution in [0.3, 0.4) is 0 Å². The molecular formula is C16H22N2O. The fourth-order valence-corrected chi connectivity index (χ4v) is 2.51. The molecule has 3 nitrogen and oxygen atoms in total. The lowest BCUT2D eigenvalue weighted by Crippen LogP contribution is -2.36. The van der Waals surface area contributed by atoms with Gasteiger partial charge in [0, 0.05) is 24.2 Å². The van der Waals surface area contributed by atoms with E-state index >= 15 is 0 Å². The molecule has 0 aliphatic carbocycles. The van der Waals surface area contributed by atoms with Crippen molar-refractivity contribution < 1.29 is 0 Å². The van der Waals surface area contributed by atoms with E-state index in [0.29, 0.717) is 6.04 Å². The zero-order valence-electron chi connectivity index (χ0n) is 11.7. The van der Waals surface area contributed by atoms with Crippen LogP contribution in [0.15, 0.2) is 41.3 Å². The molecule has 0 radical (unpaired) electrons. The molecule has 2 rings (SSSR count). The van der Waals surface area contributed by atoms with Crippen LogP contribution in [0.4, 0.5) is 0 Å². The molecule has 1 N–H and O–H groups in total. The summed E-state index contributed by atoms with van der Waals surface area (Å²) in [5, 5.41) is 5.26. The second-order valence-corrected chi connectivity index (χ2v) is 4.90. The molecular weight excluding hydrogens is 236 g/mol. The van der Waals surface area contributed by atoms with Gasteiger partial charge in [-0.1, -0.05) is 38.5 Å². The fraction of sp³-hybridized carbons (Fsp3) is 0.438. The summed E-state index contributed by atoms with van der Waals surface area (Å²) in [6.45, 7) is 5.96. The maximum Gasteiger partial charge on any atom is 0.258 e. The van der Waals surface area contributed by atoms with Gasteiger partial charge in [-0.2, -0.15) is 0 Å². The number of hydrogen-bond acceptors (Lipinski definition) is 2. The molecule has 102 valence electrons. The Balaban J connectivity index is 2.29. The predicted octanol–water partition coefficient (Wildman–Crippen LogP) is 2.78. The highest BCUT2D eigenvalue weighted by molar-refractivity contribution is 5.81. The van der Waals surface area contributed by atoms with E-state index in [-0.39, 0.29) is 5.56 Å². The molecule has 3 heteroatoms. The van der Waals surface area contributed by atoms with E-state index in [9.17, 15) is 4.79 Å². The Bertz CT molecular complexity index is 583. The van der Waals surface area contributed by atoms with Crippen molar-refractivity contribution in [1.29, 1.82) is 0 Å². The molecule has 2 aromatic rings. The van der Waals surface area contributed by atoms with Gasteiger partial charge in [-0.3, -0.25) is 4.79 Å². The van der Waals surface area contributed by atoms with Crippen LogP contribution in [-0.4, -0.2) is 17.2 Å². The summed E-state index contributed by atoms with van der Waals surface area (Å²) in [5.41, 5.74) is 0.108. The van der Waals surface area contributed by atoms with Crippen molar-refractivity contribution in [2.24, 2.45) is 0 Å². The van der Waals surface area contributed by atoms with Crippen LogP contribution in [0.2, 0.25) is 0 Å². The van der Waals surface area contributed by atoms with Crippen molar-refractivity contribution in [3.05, 3.63) is 46.9 Å². The first-order valence-corrected chi connectivity index (χ1v) is 7.07. The topological polar surface area (TPSA) is 34.0 Å². The van der Waals surface area contributed by atoms with E-state index in [1.807, 2.05) is 41.1 Å². The minimum Gasteiger partial charge on any atom is -0.313 e. The summed E-state index contributed by atoms with van der Waals surface area (Å²) in [5.74, 6) is 0. The Kier molecular flexibility index (Phi) is 4.74. The monoisotopic (exact) mass is 258 g/mol. The largest absolute Gasteiger partial charge is 0.313 e. The first-order chi connectivity index (χ1) is 9.26. The number of aromatic nitrogens is 1. The second-order valence-electron chi connectivity index (χ2n) is 4.90. The lowest BCUT2D eigenvalue weighted by molar-refractivity contribution is 0.424. The SMILES string of the molecule is CCCC(Cn1ccc2ccccc2c1=O)NCC.